The van der Waals surface area contributed by atoms with Crippen LogP contribution in [0.4, 0.5) is 4.39 Å². The highest BCUT2D eigenvalue weighted by atomic mass is 35.5. The molecule has 1 fully saturated rings. The molecule has 5 nitrogen and oxygen atoms in total. The number of piperidine rings is 1. The number of benzene rings is 1. The molecule has 0 saturated carbocycles. The van der Waals surface area contributed by atoms with Gasteiger partial charge in [-0.2, -0.15) is 0 Å². The van der Waals surface area contributed by atoms with E-state index < -0.39 is 0 Å². The molecule has 2 amide bonds. The van der Waals surface area contributed by atoms with E-state index in [1.807, 2.05) is 11.8 Å². The van der Waals surface area contributed by atoms with Crippen molar-refractivity contribution in [1.29, 1.82) is 0 Å². The van der Waals surface area contributed by atoms with Crippen LogP contribution < -0.4 is 11.1 Å². The molecule has 0 bridgehead atoms. The Morgan fingerprint density at radius 1 is 1.28 bits per heavy atom. The van der Waals surface area contributed by atoms with Crippen LogP contribution in [0.1, 0.15) is 38.2 Å². The minimum absolute atomic E-state index is 0. The maximum Gasteiger partial charge on any atom is 0.223 e. The van der Waals surface area contributed by atoms with Crippen LogP contribution in [0.5, 0.6) is 0 Å². The predicted molar refractivity (Wildman–Crippen MR) is 97.7 cm³/mol. The third-order valence-electron chi connectivity index (χ3n) is 4.41. The van der Waals surface area contributed by atoms with E-state index in [1.54, 1.807) is 12.1 Å². The number of amides is 2. The third-order valence-corrected chi connectivity index (χ3v) is 4.41. The molecule has 1 saturated heterocycles. The van der Waals surface area contributed by atoms with Crippen LogP contribution in [-0.4, -0.2) is 35.8 Å². The molecule has 3 N–H and O–H groups in total. The number of carbonyl (C=O) groups excluding carboxylic acids is 2. The molecule has 1 unspecified atom stereocenters. The van der Waals surface area contributed by atoms with E-state index >= 15 is 0 Å². The molecule has 1 atom stereocenters. The third kappa shape index (κ3) is 7.00. The van der Waals surface area contributed by atoms with E-state index in [4.69, 9.17) is 5.73 Å². The van der Waals surface area contributed by atoms with Crippen LogP contribution in [0.25, 0.3) is 0 Å². The first-order valence-corrected chi connectivity index (χ1v) is 8.51. The number of nitrogens with zero attached hydrogens (tertiary/aromatic N) is 1. The van der Waals surface area contributed by atoms with Crippen LogP contribution in [-0.2, 0) is 16.1 Å². The van der Waals surface area contributed by atoms with Crippen molar-refractivity contribution in [1.82, 2.24) is 10.2 Å². The predicted octanol–water partition coefficient (Wildman–Crippen LogP) is 2.23. The Bertz CT molecular complexity index is 558. The topological polar surface area (TPSA) is 75.4 Å². The molecule has 7 heteroatoms. The molecule has 2 rings (SSSR count). The second kappa shape index (κ2) is 10.4. The van der Waals surface area contributed by atoms with Crippen molar-refractivity contribution >= 4 is 24.2 Å². The number of hydrogen-bond acceptors (Lipinski definition) is 3. The molecule has 1 aliphatic heterocycles. The Balaban J connectivity index is 0.00000312. The first-order chi connectivity index (χ1) is 11.5. The highest BCUT2D eigenvalue weighted by molar-refractivity contribution is 5.85. The summed E-state index contributed by atoms with van der Waals surface area (Å²) in [5, 5.41) is 2.89. The fourth-order valence-electron chi connectivity index (χ4n) is 2.84. The summed E-state index contributed by atoms with van der Waals surface area (Å²) in [7, 11) is 0. The first kappa shape index (κ1) is 21.4. The number of nitrogens with two attached hydrogens (primary N) is 1. The van der Waals surface area contributed by atoms with Gasteiger partial charge in [-0.1, -0.05) is 12.1 Å². The monoisotopic (exact) mass is 371 g/mol. The van der Waals surface area contributed by atoms with Crippen LogP contribution >= 0.6 is 12.4 Å². The summed E-state index contributed by atoms with van der Waals surface area (Å²) < 4.78 is 12.9. The van der Waals surface area contributed by atoms with Gasteiger partial charge in [0, 0.05) is 38.0 Å². The molecule has 25 heavy (non-hydrogen) atoms. The lowest BCUT2D eigenvalue weighted by atomic mass is 9.95. The fraction of sp³-hybridized carbons (Fsp3) is 0.556. The SMILES string of the molecule is CC(N)CCC(=O)N1CCC(C(=O)NCc2ccc(F)cc2)CC1.Cl. The average Bonchev–Trinajstić information content (AvgIpc) is 2.59. The normalized spacial score (nSPS) is 16.0. The summed E-state index contributed by atoms with van der Waals surface area (Å²) >= 11 is 0. The van der Waals surface area contributed by atoms with Crippen molar-refractivity contribution < 1.29 is 14.0 Å². The van der Waals surface area contributed by atoms with E-state index in [0.29, 0.717) is 45.3 Å². The van der Waals surface area contributed by atoms with Gasteiger partial charge in [-0.15, -0.1) is 12.4 Å². The van der Waals surface area contributed by atoms with E-state index in [1.165, 1.54) is 12.1 Å². The van der Waals surface area contributed by atoms with Crippen LogP contribution in [0.15, 0.2) is 24.3 Å². The van der Waals surface area contributed by atoms with Crippen molar-refractivity contribution in [3.8, 4) is 0 Å². The molecule has 0 radical (unpaired) electrons. The summed E-state index contributed by atoms with van der Waals surface area (Å²) in [5.41, 5.74) is 6.55. The van der Waals surface area contributed by atoms with Crippen molar-refractivity contribution in [2.45, 2.75) is 45.2 Å². The van der Waals surface area contributed by atoms with Crippen molar-refractivity contribution in [2.75, 3.05) is 13.1 Å². The minimum atomic E-state index is -0.286. The zero-order valence-corrected chi connectivity index (χ0v) is 15.4. The maximum atomic E-state index is 12.9. The number of halogens is 2. The zero-order valence-electron chi connectivity index (χ0n) is 14.5. The Kier molecular flexibility index (Phi) is 8.86. The number of rotatable bonds is 6. The van der Waals surface area contributed by atoms with E-state index in [0.717, 1.165) is 5.56 Å². The van der Waals surface area contributed by atoms with Gasteiger partial charge in [0.1, 0.15) is 5.82 Å². The lowest BCUT2D eigenvalue weighted by Gasteiger charge is -2.31. The lowest BCUT2D eigenvalue weighted by Crippen LogP contribution is -2.43. The van der Waals surface area contributed by atoms with Gasteiger partial charge in [0.25, 0.3) is 0 Å². The molecule has 0 aromatic heterocycles. The number of likely N-dealkylation sites (tertiary alicyclic amines) is 1. The second-order valence-electron chi connectivity index (χ2n) is 6.52. The number of hydrogen-bond donors (Lipinski definition) is 2. The molecule has 1 heterocycles. The molecule has 0 aliphatic carbocycles. The quantitative estimate of drug-likeness (QED) is 0.805. The van der Waals surface area contributed by atoms with Crippen molar-refractivity contribution in [2.24, 2.45) is 11.7 Å². The summed E-state index contributed by atoms with van der Waals surface area (Å²) in [6, 6.07) is 6.12. The molecule has 0 spiro atoms. The molecular formula is C18H27ClFN3O2. The molecule has 1 aromatic carbocycles. The Morgan fingerprint density at radius 2 is 1.88 bits per heavy atom. The van der Waals surface area contributed by atoms with Gasteiger partial charge in [-0.05, 0) is 43.9 Å². The van der Waals surface area contributed by atoms with Gasteiger partial charge < -0.3 is 16.0 Å². The zero-order chi connectivity index (χ0) is 17.5. The second-order valence-corrected chi connectivity index (χ2v) is 6.52. The van der Waals surface area contributed by atoms with Gasteiger partial charge in [0.05, 0.1) is 0 Å². The first-order valence-electron chi connectivity index (χ1n) is 8.51. The standard InChI is InChI=1S/C18H26FN3O2.ClH/c1-13(20)2-7-17(23)22-10-8-15(9-11-22)18(24)21-12-14-3-5-16(19)6-4-14;/h3-6,13,15H,2,7-12,20H2,1H3,(H,21,24);1H. The largest absolute Gasteiger partial charge is 0.352 e. The van der Waals surface area contributed by atoms with Gasteiger partial charge in [-0.3, -0.25) is 9.59 Å². The number of nitrogens with one attached hydrogen (secondary N) is 1. The Labute approximate surface area is 154 Å². The number of carbonyl (C=O) groups is 2. The Hall–Kier alpha value is -1.66. The smallest absolute Gasteiger partial charge is 0.223 e. The summed E-state index contributed by atoms with van der Waals surface area (Å²) in [5.74, 6) is -0.228. The minimum Gasteiger partial charge on any atom is -0.352 e. The fourth-order valence-corrected chi connectivity index (χ4v) is 2.84. The Morgan fingerprint density at radius 3 is 2.44 bits per heavy atom. The van der Waals surface area contributed by atoms with E-state index in [9.17, 15) is 14.0 Å². The molecular weight excluding hydrogens is 345 g/mol. The van der Waals surface area contributed by atoms with Crippen molar-refractivity contribution in [3.63, 3.8) is 0 Å². The maximum absolute atomic E-state index is 12.9. The van der Waals surface area contributed by atoms with Gasteiger partial charge in [-0.25, -0.2) is 4.39 Å². The van der Waals surface area contributed by atoms with Gasteiger partial charge in [0.2, 0.25) is 11.8 Å². The van der Waals surface area contributed by atoms with E-state index in [2.05, 4.69) is 5.32 Å². The van der Waals surface area contributed by atoms with Crippen LogP contribution in [0.2, 0.25) is 0 Å². The molecule has 1 aromatic rings. The van der Waals surface area contributed by atoms with Crippen LogP contribution in [0, 0.1) is 11.7 Å². The summed E-state index contributed by atoms with van der Waals surface area (Å²) in [6.45, 7) is 3.52. The van der Waals surface area contributed by atoms with Gasteiger partial charge >= 0.3 is 0 Å². The van der Waals surface area contributed by atoms with Crippen molar-refractivity contribution in [3.05, 3.63) is 35.6 Å². The molecule has 140 valence electrons. The molecule has 1 aliphatic rings. The van der Waals surface area contributed by atoms with E-state index in [-0.39, 0.29) is 42.0 Å². The average molecular weight is 372 g/mol. The summed E-state index contributed by atoms with van der Waals surface area (Å²) in [4.78, 5) is 26.1. The highest BCUT2D eigenvalue weighted by Crippen LogP contribution is 2.18. The lowest BCUT2D eigenvalue weighted by molar-refractivity contribution is -0.135. The highest BCUT2D eigenvalue weighted by Gasteiger charge is 2.26. The summed E-state index contributed by atoms with van der Waals surface area (Å²) in [6.07, 6.45) is 2.52. The van der Waals surface area contributed by atoms with Gasteiger partial charge in [0.15, 0.2) is 0 Å². The van der Waals surface area contributed by atoms with Crippen LogP contribution in [0.3, 0.4) is 0 Å².